The second-order valence-corrected chi connectivity index (χ2v) is 3.76. The molecule has 0 aromatic heterocycles. The molecule has 0 radical (unpaired) electrons. The maximum Gasteiger partial charge on any atom is 0.264 e. The third kappa shape index (κ3) is 2.09. The number of rotatable bonds is 3. The third-order valence-corrected chi connectivity index (χ3v) is 2.38. The average Bonchev–Trinajstić information content (AvgIpc) is 2.62. The molecule has 1 aliphatic heterocycles. The van der Waals surface area contributed by atoms with Crippen LogP contribution in [0.3, 0.4) is 0 Å². The number of hydrogen-bond acceptors (Lipinski definition) is 3. The van der Waals surface area contributed by atoms with Crippen molar-refractivity contribution in [1.29, 1.82) is 0 Å². The van der Waals surface area contributed by atoms with Crippen molar-refractivity contribution in [2.75, 3.05) is 6.79 Å². The highest BCUT2D eigenvalue weighted by atomic mass is 19.3. The molecule has 0 aliphatic carbocycles. The highest BCUT2D eigenvalue weighted by molar-refractivity contribution is 5.49. The molecule has 1 aromatic rings. The zero-order valence-corrected chi connectivity index (χ0v) is 8.74. The lowest BCUT2D eigenvalue weighted by molar-refractivity contribution is 0.147. The number of fused-ring (bicyclic) bond motifs is 1. The minimum atomic E-state index is -2.58. The average molecular weight is 230 g/mol. The van der Waals surface area contributed by atoms with Crippen LogP contribution in [0, 0.1) is 0 Å². The Morgan fingerprint density at radius 2 is 1.94 bits per heavy atom. The minimum absolute atomic E-state index is 0.0517. The summed E-state index contributed by atoms with van der Waals surface area (Å²) in [5.74, 6) is 0.796. The first-order chi connectivity index (χ1) is 7.58. The number of aliphatic hydroxyl groups excluding tert-OH is 1. The Balaban J connectivity index is 2.40. The van der Waals surface area contributed by atoms with Crippen molar-refractivity contribution in [1.82, 2.24) is 0 Å². The van der Waals surface area contributed by atoms with Gasteiger partial charge in [-0.25, -0.2) is 8.78 Å². The number of hydrogen-bond donors (Lipinski definition) is 1. The lowest BCUT2D eigenvalue weighted by Crippen LogP contribution is -2.07. The van der Waals surface area contributed by atoms with E-state index in [2.05, 4.69) is 0 Å². The monoisotopic (exact) mass is 230 g/mol. The molecule has 16 heavy (non-hydrogen) atoms. The molecule has 1 heterocycles. The van der Waals surface area contributed by atoms with Gasteiger partial charge in [-0.05, 0) is 31.0 Å². The Morgan fingerprint density at radius 3 is 2.50 bits per heavy atom. The lowest BCUT2D eigenvalue weighted by Gasteiger charge is -2.11. The highest BCUT2D eigenvalue weighted by Crippen LogP contribution is 2.38. The standard InChI is InChI=1S/C11H12F2O3/c1-6(14)2-7-3-9-10(16-5-15-9)4-8(7)11(12)13/h3-4,6,11,14H,2,5H2,1H3. The van der Waals surface area contributed by atoms with Gasteiger partial charge in [0, 0.05) is 5.56 Å². The normalized spacial score (nSPS) is 15.6. The number of benzene rings is 1. The second kappa shape index (κ2) is 4.25. The van der Waals surface area contributed by atoms with Gasteiger partial charge < -0.3 is 14.6 Å². The van der Waals surface area contributed by atoms with Gasteiger partial charge in [-0.2, -0.15) is 0 Å². The molecule has 2 rings (SSSR count). The summed E-state index contributed by atoms with van der Waals surface area (Å²) in [4.78, 5) is 0. The van der Waals surface area contributed by atoms with Crippen molar-refractivity contribution in [3.63, 3.8) is 0 Å². The summed E-state index contributed by atoms with van der Waals surface area (Å²) < 4.78 is 35.7. The first kappa shape index (κ1) is 11.1. The molecule has 0 amide bonds. The van der Waals surface area contributed by atoms with Crippen molar-refractivity contribution < 1.29 is 23.4 Å². The molecule has 0 saturated heterocycles. The van der Waals surface area contributed by atoms with Crippen LogP contribution in [0.15, 0.2) is 12.1 Å². The fraction of sp³-hybridized carbons (Fsp3) is 0.455. The molecule has 5 heteroatoms. The smallest absolute Gasteiger partial charge is 0.264 e. The van der Waals surface area contributed by atoms with E-state index >= 15 is 0 Å². The summed E-state index contributed by atoms with van der Waals surface area (Å²) in [5, 5.41) is 9.24. The number of alkyl halides is 2. The molecule has 0 fully saturated rings. The van der Waals surface area contributed by atoms with E-state index in [1.807, 2.05) is 0 Å². The number of ether oxygens (including phenoxy) is 2. The van der Waals surface area contributed by atoms with Crippen molar-refractivity contribution in [2.24, 2.45) is 0 Å². The van der Waals surface area contributed by atoms with Gasteiger partial charge in [0.2, 0.25) is 6.79 Å². The zero-order valence-electron chi connectivity index (χ0n) is 8.74. The summed E-state index contributed by atoms with van der Waals surface area (Å²) in [6, 6.07) is 2.79. The van der Waals surface area contributed by atoms with E-state index < -0.39 is 12.5 Å². The minimum Gasteiger partial charge on any atom is -0.454 e. The molecule has 0 bridgehead atoms. The van der Waals surface area contributed by atoms with E-state index in [-0.39, 0.29) is 18.8 Å². The van der Waals surface area contributed by atoms with Gasteiger partial charge in [0.25, 0.3) is 6.43 Å². The van der Waals surface area contributed by atoms with E-state index in [1.165, 1.54) is 12.1 Å². The molecule has 1 unspecified atom stereocenters. The van der Waals surface area contributed by atoms with E-state index in [4.69, 9.17) is 9.47 Å². The molecular weight excluding hydrogens is 218 g/mol. The van der Waals surface area contributed by atoms with Gasteiger partial charge >= 0.3 is 0 Å². The fourth-order valence-corrected chi connectivity index (χ4v) is 1.70. The first-order valence-corrected chi connectivity index (χ1v) is 4.96. The molecule has 3 nitrogen and oxygen atoms in total. The van der Waals surface area contributed by atoms with Crippen LogP contribution in [-0.4, -0.2) is 18.0 Å². The van der Waals surface area contributed by atoms with E-state index in [9.17, 15) is 13.9 Å². The maximum absolute atomic E-state index is 12.8. The first-order valence-electron chi connectivity index (χ1n) is 4.96. The van der Waals surface area contributed by atoms with Crippen LogP contribution < -0.4 is 9.47 Å². The summed E-state index contributed by atoms with van der Waals surface area (Å²) in [7, 11) is 0. The Labute approximate surface area is 91.6 Å². The van der Waals surface area contributed by atoms with Crippen molar-refractivity contribution in [3.05, 3.63) is 23.3 Å². The molecule has 1 atom stereocenters. The zero-order chi connectivity index (χ0) is 11.7. The van der Waals surface area contributed by atoms with Crippen molar-refractivity contribution in [3.8, 4) is 11.5 Å². The molecule has 1 aliphatic rings. The molecule has 0 saturated carbocycles. The van der Waals surface area contributed by atoms with Gasteiger partial charge in [-0.15, -0.1) is 0 Å². The summed E-state index contributed by atoms with van der Waals surface area (Å²) >= 11 is 0. The SMILES string of the molecule is CC(O)Cc1cc2c(cc1C(F)F)OCO2. The van der Waals surface area contributed by atoms with Gasteiger partial charge in [0.15, 0.2) is 11.5 Å². The van der Waals surface area contributed by atoms with Crippen LogP contribution in [0.5, 0.6) is 11.5 Å². The summed E-state index contributed by atoms with van der Waals surface area (Å²) in [5.41, 5.74) is 0.291. The number of halogens is 2. The third-order valence-electron chi connectivity index (χ3n) is 2.38. The largest absolute Gasteiger partial charge is 0.454 e. The van der Waals surface area contributed by atoms with E-state index in [0.29, 0.717) is 17.1 Å². The predicted octanol–water partition coefficient (Wildman–Crippen LogP) is 2.28. The fourth-order valence-electron chi connectivity index (χ4n) is 1.70. The van der Waals surface area contributed by atoms with Crippen LogP contribution in [0.2, 0.25) is 0 Å². The van der Waals surface area contributed by atoms with Gasteiger partial charge in [-0.3, -0.25) is 0 Å². The Morgan fingerprint density at radius 1 is 1.31 bits per heavy atom. The van der Waals surface area contributed by atoms with Crippen LogP contribution in [0.1, 0.15) is 24.5 Å². The topological polar surface area (TPSA) is 38.7 Å². The summed E-state index contributed by atoms with van der Waals surface area (Å²) in [6.45, 7) is 1.61. The lowest BCUT2D eigenvalue weighted by atomic mass is 10.0. The maximum atomic E-state index is 12.8. The highest BCUT2D eigenvalue weighted by Gasteiger charge is 2.22. The van der Waals surface area contributed by atoms with Crippen LogP contribution in [0.25, 0.3) is 0 Å². The summed E-state index contributed by atoms with van der Waals surface area (Å²) in [6.07, 6.45) is -3.07. The Bertz CT molecular complexity index is 391. The van der Waals surface area contributed by atoms with Gasteiger partial charge in [0.1, 0.15) is 0 Å². The van der Waals surface area contributed by atoms with Crippen LogP contribution >= 0.6 is 0 Å². The van der Waals surface area contributed by atoms with Gasteiger partial charge in [0.05, 0.1) is 6.10 Å². The molecule has 1 aromatic carbocycles. The van der Waals surface area contributed by atoms with Crippen molar-refractivity contribution >= 4 is 0 Å². The van der Waals surface area contributed by atoms with Gasteiger partial charge in [-0.1, -0.05) is 0 Å². The van der Waals surface area contributed by atoms with E-state index in [1.54, 1.807) is 6.92 Å². The quantitative estimate of drug-likeness (QED) is 0.865. The number of aliphatic hydroxyl groups is 1. The molecule has 1 N–H and O–H groups in total. The van der Waals surface area contributed by atoms with E-state index in [0.717, 1.165) is 0 Å². The van der Waals surface area contributed by atoms with Crippen LogP contribution in [-0.2, 0) is 6.42 Å². The molecule has 0 spiro atoms. The second-order valence-electron chi connectivity index (χ2n) is 3.76. The Kier molecular flexibility index (Phi) is 2.96. The predicted molar refractivity (Wildman–Crippen MR) is 52.9 cm³/mol. The van der Waals surface area contributed by atoms with Crippen LogP contribution in [0.4, 0.5) is 8.78 Å². The van der Waals surface area contributed by atoms with Crippen molar-refractivity contribution in [2.45, 2.75) is 25.9 Å². The molecule has 88 valence electrons. The Hall–Kier alpha value is -1.36. The molecular formula is C11H12F2O3.